The van der Waals surface area contributed by atoms with E-state index in [1.54, 1.807) is 28.3 Å². The zero-order valence-electron chi connectivity index (χ0n) is 18.3. The highest BCUT2D eigenvalue weighted by Gasteiger charge is 2.28. The van der Waals surface area contributed by atoms with Gasteiger partial charge in [0.05, 0.1) is 23.1 Å². The van der Waals surface area contributed by atoms with Crippen molar-refractivity contribution in [3.63, 3.8) is 0 Å². The lowest BCUT2D eigenvalue weighted by Gasteiger charge is -2.35. The third-order valence-electron chi connectivity index (χ3n) is 5.50. The normalized spacial score (nSPS) is 16.8. The molecule has 1 saturated heterocycles. The number of piperidine rings is 1. The molecule has 1 aliphatic heterocycles. The molecule has 0 bridgehead atoms. The van der Waals surface area contributed by atoms with Crippen molar-refractivity contribution in [2.24, 2.45) is 7.05 Å². The molecule has 0 aliphatic carbocycles. The molecule has 1 N–H and O–H groups in total. The van der Waals surface area contributed by atoms with Crippen molar-refractivity contribution in [2.75, 3.05) is 11.9 Å². The Morgan fingerprint density at radius 2 is 2.06 bits per heavy atom. The van der Waals surface area contributed by atoms with Crippen LogP contribution in [-0.2, 0) is 11.8 Å². The highest BCUT2D eigenvalue weighted by molar-refractivity contribution is 7.15. The lowest BCUT2D eigenvalue weighted by atomic mass is 9.98. The molecule has 0 saturated carbocycles. The van der Waals surface area contributed by atoms with Gasteiger partial charge in [-0.1, -0.05) is 0 Å². The van der Waals surface area contributed by atoms with Crippen molar-refractivity contribution in [1.82, 2.24) is 29.6 Å². The van der Waals surface area contributed by atoms with E-state index >= 15 is 0 Å². The van der Waals surface area contributed by atoms with Crippen LogP contribution >= 0.6 is 11.3 Å². The first-order valence-corrected chi connectivity index (χ1v) is 11.3. The van der Waals surface area contributed by atoms with E-state index in [1.165, 1.54) is 4.88 Å². The highest BCUT2D eigenvalue weighted by Crippen LogP contribution is 2.32. The van der Waals surface area contributed by atoms with E-state index in [1.807, 2.05) is 44.0 Å². The van der Waals surface area contributed by atoms with Gasteiger partial charge in [-0.15, -0.1) is 11.3 Å². The number of hydrogen-bond acceptors (Lipinski definition) is 7. The Labute approximate surface area is 186 Å². The van der Waals surface area contributed by atoms with Crippen LogP contribution < -0.4 is 5.32 Å². The second-order valence-electron chi connectivity index (χ2n) is 7.77. The van der Waals surface area contributed by atoms with Crippen LogP contribution in [0.4, 0.5) is 10.9 Å². The molecular weight excluding hydrogens is 410 g/mol. The van der Waals surface area contributed by atoms with Crippen molar-refractivity contribution in [3.8, 4) is 0 Å². The number of carbonyl (C=O) groups is 1. The van der Waals surface area contributed by atoms with Crippen LogP contribution in [0.25, 0.3) is 6.08 Å². The molecule has 0 spiro atoms. The van der Waals surface area contributed by atoms with E-state index in [0.29, 0.717) is 11.6 Å². The minimum Gasteiger partial charge on any atom is -0.331 e. The van der Waals surface area contributed by atoms with E-state index in [2.05, 4.69) is 32.3 Å². The zero-order chi connectivity index (χ0) is 22.0. The molecular formula is C22H27N7OS. The average molecular weight is 438 g/mol. The fraction of sp³-hybridized carbons (Fsp3) is 0.409. The van der Waals surface area contributed by atoms with Gasteiger partial charge >= 0.3 is 0 Å². The molecule has 0 aromatic carbocycles. The number of nitrogens with one attached hydrogen (secondary N) is 1. The van der Waals surface area contributed by atoms with E-state index in [4.69, 9.17) is 0 Å². The van der Waals surface area contributed by atoms with Crippen LogP contribution in [-0.4, -0.2) is 42.1 Å². The van der Waals surface area contributed by atoms with Crippen LogP contribution in [0.3, 0.4) is 0 Å². The zero-order valence-corrected chi connectivity index (χ0v) is 19.1. The molecule has 0 radical (unpaired) electrons. The Bertz CT molecular complexity index is 1100. The number of aryl methyl sites for hydroxylation is 4. The largest absolute Gasteiger partial charge is 0.331 e. The van der Waals surface area contributed by atoms with E-state index in [0.717, 1.165) is 48.0 Å². The number of carbonyl (C=O) groups excluding carboxylic acids is 1. The Morgan fingerprint density at radius 3 is 2.77 bits per heavy atom. The van der Waals surface area contributed by atoms with Gasteiger partial charge in [0, 0.05) is 36.8 Å². The van der Waals surface area contributed by atoms with Gasteiger partial charge in [0.25, 0.3) is 0 Å². The minimum atomic E-state index is -0.0699. The molecule has 9 heteroatoms. The number of amides is 1. The number of hydrogen-bond donors (Lipinski definition) is 1. The predicted molar refractivity (Wildman–Crippen MR) is 122 cm³/mol. The molecule has 1 atom stereocenters. The van der Waals surface area contributed by atoms with Crippen molar-refractivity contribution in [1.29, 1.82) is 0 Å². The summed E-state index contributed by atoms with van der Waals surface area (Å²) in [5, 5.41) is 8.27. The highest BCUT2D eigenvalue weighted by atomic mass is 32.1. The SMILES string of the molecule is Cc1nc(Nc2nc(C)c(C)s2)cc([C@H]2CCCCN2C(=O)/C=C/c2ccnn2C)n1. The molecule has 3 aromatic heterocycles. The van der Waals surface area contributed by atoms with Gasteiger partial charge in [-0.05, 0) is 52.2 Å². The minimum absolute atomic E-state index is 0.0113. The van der Waals surface area contributed by atoms with Gasteiger partial charge in [-0.2, -0.15) is 5.10 Å². The van der Waals surface area contributed by atoms with Crippen molar-refractivity contribution < 1.29 is 4.79 Å². The van der Waals surface area contributed by atoms with Gasteiger partial charge in [-0.3, -0.25) is 9.48 Å². The van der Waals surface area contributed by atoms with Crippen LogP contribution in [0.15, 0.2) is 24.4 Å². The first-order valence-electron chi connectivity index (χ1n) is 10.4. The molecule has 31 heavy (non-hydrogen) atoms. The first-order chi connectivity index (χ1) is 14.9. The lowest BCUT2D eigenvalue weighted by Crippen LogP contribution is -2.38. The summed E-state index contributed by atoms with van der Waals surface area (Å²) in [7, 11) is 1.86. The lowest BCUT2D eigenvalue weighted by molar-refractivity contribution is -0.129. The maximum absolute atomic E-state index is 13.0. The summed E-state index contributed by atoms with van der Waals surface area (Å²) in [5.41, 5.74) is 2.77. The first kappa shape index (κ1) is 21.2. The maximum atomic E-state index is 13.0. The quantitative estimate of drug-likeness (QED) is 0.605. The molecule has 8 nitrogen and oxygen atoms in total. The molecule has 1 aliphatic rings. The summed E-state index contributed by atoms with van der Waals surface area (Å²) >= 11 is 1.60. The van der Waals surface area contributed by atoms with Gasteiger partial charge < -0.3 is 10.2 Å². The molecule has 4 rings (SSSR count). The monoisotopic (exact) mass is 437 g/mol. The topological polar surface area (TPSA) is 88.8 Å². The summed E-state index contributed by atoms with van der Waals surface area (Å²) in [6, 6.07) is 3.75. The third-order valence-corrected chi connectivity index (χ3v) is 6.49. The van der Waals surface area contributed by atoms with Crippen LogP contribution in [0, 0.1) is 20.8 Å². The summed E-state index contributed by atoms with van der Waals surface area (Å²) in [6.45, 7) is 6.65. The summed E-state index contributed by atoms with van der Waals surface area (Å²) in [6.07, 6.45) is 8.11. The smallest absolute Gasteiger partial charge is 0.247 e. The molecule has 1 amide bonds. The van der Waals surface area contributed by atoms with Crippen LogP contribution in [0.2, 0.25) is 0 Å². The Kier molecular flexibility index (Phi) is 6.13. The Morgan fingerprint density at radius 1 is 1.23 bits per heavy atom. The summed E-state index contributed by atoms with van der Waals surface area (Å²) in [4.78, 5) is 29.9. The number of rotatable bonds is 5. The second kappa shape index (κ2) is 8.97. The molecule has 4 heterocycles. The molecule has 3 aromatic rings. The average Bonchev–Trinajstić information content (AvgIpc) is 3.29. The van der Waals surface area contributed by atoms with E-state index in [-0.39, 0.29) is 11.9 Å². The Hall–Kier alpha value is -3.07. The van der Waals surface area contributed by atoms with Gasteiger partial charge in [0.15, 0.2) is 5.13 Å². The number of likely N-dealkylation sites (tertiary alicyclic amines) is 1. The molecule has 0 unspecified atom stereocenters. The summed E-state index contributed by atoms with van der Waals surface area (Å²) < 4.78 is 1.74. The molecule has 162 valence electrons. The van der Waals surface area contributed by atoms with Gasteiger partial charge in [0.1, 0.15) is 11.6 Å². The third kappa shape index (κ3) is 4.82. The number of thiazole rings is 1. The molecule has 1 fully saturated rings. The van der Waals surface area contributed by atoms with Crippen molar-refractivity contribution >= 4 is 34.3 Å². The fourth-order valence-corrected chi connectivity index (χ4v) is 4.59. The van der Waals surface area contributed by atoms with Gasteiger partial charge in [0.2, 0.25) is 5.91 Å². The van der Waals surface area contributed by atoms with Crippen LogP contribution in [0.1, 0.15) is 53.1 Å². The van der Waals surface area contributed by atoms with E-state index < -0.39 is 0 Å². The maximum Gasteiger partial charge on any atom is 0.247 e. The standard InChI is InChI=1S/C22H27N7OS/c1-14-15(2)31-22(24-14)27-20-13-18(25-16(3)26-20)19-7-5-6-12-29(19)21(30)9-8-17-10-11-23-28(17)4/h8-11,13,19H,5-7,12H2,1-4H3,(H,24,25,26,27)/b9-8+/t19-/m1/s1. The Balaban J connectivity index is 1.57. The second-order valence-corrected chi connectivity index (χ2v) is 8.97. The van der Waals surface area contributed by atoms with E-state index in [9.17, 15) is 4.79 Å². The number of anilines is 2. The van der Waals surface area contributed by atoms with Gasteiger partial charge in [-0.25, -0.2) is 15.0 Å². The van der Waals surface area contributed by atoms with Crippen molar-refractivity contribution in [2.45, 2.75) is 46.1 Å². The number of nitrogens with zero attached hydrogens (tertiary/aromatic N) is 6. The number of aromatic nitrogens is 5. The fourth-order valence-electron chi connectivity index (χ4n) is 3.76. The summed E-state index contributed by atoms with van der Waals surface area (Å²) in [5.74, 6) is 1.37. The van der Waals surface area contributed by atoms with Crippen LogP contribution in [0.5, 0.6) is 0 Å². The predicted octanol–water partition coefficient (Wildman–Crippen LogP) is 4.10. The van der Waals surface area contributed by atoms with Crippen molar-refractivity contribution in [3.05, 3.63) is 52.2 Å².